The molecule has 1 aromatic rings. The topological polar surface area (TPSA) is 61.8 Å². The van der Waals surface area contributed by atoms with Gasteiger partial charge in [-0.3, -0.25) is 9.59 Å². The molecule has 0 radical (unpaired) electrons. The van der Waals surface area contributed by atoms with Crippen molar-refractivity contribution in [2.24, 2.45) is 11.8 Å². The smallest absolute Gasteiger partial charge is 0.306 e. The van der Waals surface area contributed by atoms with Crippen molar-refractivity contribution in [1.82, 2.24) is 0 Å². The molecule has 1 rings (SSSR count). The fourth-order valence-corrected chi connectivity index (χ4v) is 2.14. The molecule has 0 aromatic heterocycles. The van der Waals surface area contributed by atoms with Gasteiger partial charge < -0.3 is 14.2 Å². The van der Waals surface area contributed by atoms with Crippen LogP contribution < -0.4 is 0 Å². The number of benzene rings is 1. The van der Waals surface area contributed by atoms with Crippen molar-refractivity contribution < 1.29 is 23.8 Å². The Labute approximate surface area is 150 Å². The van der Waals surface area contributed by atoms with Crippen molar-refractivity contribution >= 4 is 11.9 Å². The Morgan fingerprint density at radius 3 is 2.08 bits per heavy atom. The molecular weight excluding hydrogens is 320 g/mol. The molecule has 1 atom stereocenters. The van der Waals surface area contributed by atoms with Crippen LogP contribution in [0, 0.1) is 11.8 Å². The number of hydrogen-bond donors (Lipinski definition) is 0. The van der Waals surface area contributed by atoms with Gasteiger partial charge >= 0.3 is 11.9 Å². The molecule has 0 aliphatic rings. The van der Waals surface area contributed by atoms with Crippen LogP contribution in [0.4, 0.5) is 0 Å². The lowest BCUT2D eigenvalue weighted by molar-refractivity contribution is -0.164. The summed E-state index contributed by atoms with van der Waals surface area (Å²) in [5, 5.41) is 0. The maximum atomic E-state index is 11.9. The molecule has 0 N–H and O–H groups in total. The van der Waals surface area contributed by atoms with Gasteiger partial charge in [-0.25, -0.2) is 0 Å². The summed E-state index contributed by atoms with van der Waals surface area (Å²) in [5.41, 5.74) is 1.03. The molecule has 140 valence electrons. The fourth-order valence-electron chi connectivity index (χ4n) is 2.14. The molecule has 0 saturated heterocycles. The molecule has 0 aliphatic heterocycles. The lowest BCUT2D eigenvalue weighted by Crippen LogP contribution is -2.30. The Bertz CT molecular complexity index is 510. The number of carbonyl (C=O) groups is 2. The van der Waals surface area contributed by atoms with Crippen molar-refractivity contribution in [1.29, 1.82) is 0 Å². The lowest BCUT2D eigenvalue weighted by Gasteiger charge is -2.19. The van der Waals surface area contributed by atoms with Gasteiger partial charge in [0.25, 0.3) is 0 Å². The van der Waals surface area contributed by atoms with Gasteiger partial charge in [0.1, 0.15) is 6.61 Å². The Hall–Kier alpha value is -1.88. The quantitative estimate of drug-likeness (QED) is 0.569. The van der Waals surface area contributed by atoms with Crippen molar-refractivity contribution in [3.05, 3.63) is 35.9 Å². The molecule has 1 aromatic carbocycles. The molecule has 5 nitrogen and oxygen atoms in total. The summed E-state index contributed by atoms with van der Waals surface area (Å²) in [6.07, 6.45) is 0.0817. The first kappa shape index (κ1) is 21.2. The number of carbonyl (C=O) groups excluding carboxylic acids is 2. The van der Waals surface area contributed by atoms with Gasteiger partial charge in [0, 0.05) is 12.8 Å². The Morgan fingerprint density at radius 2 is 1.48 bits per heavy atom. The highest BCUT2D eigenvalue weighted by molar-refractivity contribution is 5.70. The van der Waals surface area contributed by atoms with E-state index in [1.54, 1.807) is 0 Å². The summed E-state index contributed by atoms with van der Waals surface area (Å²) >= 11 is 0. The third kappa shape index (κ3) is 10.6. The second-order valence-electron chi connectivity index (χ2n) is 6.99. The molecule has 0 fully saturated rings. The van der Waals surface area contributed by atoms with Crippen molar-refractivity contribution in [3.63, 3.8) is 0 Å². The fraction of sp³-hybridized carbons (Fsp3) is 0.600. The van der Waals surface area contributed by atoms with Crippen LogP contribution in [0.2, 0.25) is 0 Å². The van der Waals surface area contributed by atoms with E-state index in [1.807, 2.05) is 58.0 Å². The van der Waals surface area contributed by atoms with Crippen molar-refractivity contribution in [3.8, 4) is 0 Å². The zero-order valence-corrected chi connectivity index (χ0v) is 15.7. The lowest BCUT2D eigenvalue weighted by atomic mass is 10.1. The first-order valence-corrected chi connectivity index (χ1v) is 8.83. The molecule has 0 bridgehead atoms. The van der Waals surface area contributed by atoms with E-state index in [-0.39, 0.29) is 37.0 Å². The van der Waals surface area contributed by atoms with Gasteiger partial charge in [0.2, 0.25) is 0 Å². The summed E-state index contributed by atoms with van der Waals surface area (Å²) in [6.45, 7) is 8.42. The maximum Gasteiger partial charge on any atom is 0.306 e. The highest BCUT2D eigenvalue weighted by Gasteiger charge is 2.18. The summed E-state index contributed by atoms with van der Waals surface area (Å²) in [7, 11) is 0. The van der Waals surface area contributed by atoms with E-state index in [0.29, 0.717) is 19.4 Å². The zero-order valence-electron chi connectivity index (χ0n) is 15.7. The van der Waals surface area contributed by atoms with E-state index in [9.17, 15) is 9.59 Å². The van der Waals surface area contributed by atoms with E-state index in [2.05, 4.69) is 0 Å². The normalized spacial score (nSPS) is 12.2. The zero-order chi connectivity index (χ0) is 18.7. The largest absolute Gasteiger partial charge is 0.462 e. The summed E-state index contributed by atoms with van der Waals surface area (Å²) < 4.78 is 16.3. The first-order chi connectivity index (χ1) is 11.9. The van der Waals surface area contributed by atoms with Gasteiger partial charge in [0.05, 0.1) is 13.2 Å². The van der Waals surface area contributed by atoms with E-state index in [0.717, 1.165) is 5.56 Å². The summed E-state index contributed by atoms with van der Waals surface area (Å²) in [4.78, 5) is 23.6. The predicted octanol–water partition coefficient (Wildman–Crippen LogP) is 3.75. The number of rotatable bonds is 11. The van der Waals surface area contributed by atoms with E-state index in [4.69, 9.17) is 14.2 Å². The minimum atomic E-state index is -0.592. The maximum absolute atomic E-state index is 11.9. The predicted molar refractivity (Wildman–Crippen MR) is 95.8 cm³/mol. The third-order valence-corrected chi connectivity index (χ3v) is 3.29. The standard InChI is InChI=1S/C20H30O5/c1-15(2)10-19(21)24-14-18(25-20(22)11-16(3)4)13-23-12-17-8-6-5-7-9-17/h5-9,15-16,18H,10-14H2,1-4H3/t18-/m0/s1. The highest BCUT2D eigenvalue weighted by Crippen LogP contribution is 2.08. The SMILES string of the molecule is CC(C)CC(=O)OC[C@H](COCc1ccccc1)OC(=O)CC(C)C. The second kappa shape index (κ2) is 11.6. The highest BCUT2D eigenvalue weighted by atomic mass is 16.6. The minimum absolute atomic E-state index is 0.0180. The second-order valence-corrected chi connectivity index (χ2v) is 6.99. The Balaban J connectivity index is 2.48. The van der Waals surface area contributed by atoms with Crippen LogP contribution in [0.25, 0.3) is 0 Å². The van der Waals surface area contributed by atoms with Crippen LogP contribution >= 0.6 is 0 Å². The number of hydrogen-bond acceptors (Lipinski definition) is 5. The van der Waals surface area contributed by atoms with Gasteiger partial charge in [0.15, 0.2) is 6.10 Å². The third-order valence-electron chi connectivity index (χ3n) is 3.29. The molecule has 0 amide bonds. The van der Waals surface area contributed by atoms with Crippen molar-refractivity contribution in [2.75, 3.05) is 13.2 Å². The van der Waals surface area contributed by atoms with Crippen LogP contribution in [0.15, 0.2) is 30.3 Å². The Kier molecular flexibility index (Phi) is 9.85. The molecule has 0 aliphatic carbocycles. The average Bonchev–Trinajstić information content (AvgIpc) is 2.52. The molecule has 0 saturated carbocycles. The van der Waals surface area contributed by atoms with E-state index in [1.165, 1.54) is 0 Å². The van der Waals surface area contributed by atoms with Gasteiger partial charge in [-0.15, -0.1) is 0 Å². The molecule has 0 heterocycles. The molecule has 25 heavy (non-hydrogen) atoms. The number of esters is 2. The monoisotopic (exact) mass is 350 g/mol. The van der Waals surface area contributed by atoms with Gasteiger partial charge in [-0.2, -0.15) is 0 Å². The van der Waals surface area contributed by atoms with Crippen LogP contribution in [0.3, 0.4) is 0 Å². The van der Waals surface area contributed by atoms with E-state index < -0.39 is 6.10 Å². The Morgan fingerprint density at radius 1 is 0.880 bits per heavy atom. The summed E-state index contributed by atoms with van der Waals surface area (Å²) in [6, 6.07) is 9.73. The van der Waals surface area contributed by atoms with Crippen LogP contribution in [0.5, 0.6) is 0 Å². The van der Waals surface area contributed by atoms with Crippen LogP contribution in [0.1, 0.15) is 46.1 Å². The first-order valence-electron chi connectivity index (χ1n) is 8.83. The average molecular weight is 350 g/mol. The van der Waals surface area contributed by atoms with Crippen LogP contribution in [-0.4, -0.2) is 31.3 Å². The van der Waals surface area contributed by atoms with E-state index >= 15 is 0 Å². The van der Waals surface area contributed by atoms with Crippen LogP contribution in [-0.2, 0) is 30.4 Å². The summed E-state index contributed by atoms with van der Waals surface area (Å²) in [5.74, 6) is -0.156. The minimum Gasteiger partial charge on any atom is -0.462 e. The molecular formula is C20H30O5. The van der Waals surface area contributed by atoms with Crippen molar-refractivity contribution in [2.45, 2.75) is 53.2 Å². The number of ether oxygens (including phenoxy) is 3. The molecule has 5 heteroatoms. The molecule has 0 spiro atoms. The molecule has 0 unspecified atom stereocenters. The van der Waals surface area contributed by atoms with Gasteiger partial charge in [-0.05, 0) is 17.4 Å². The van der Waals surface area contributed by atoms with Gasteiger partial charge in [-0.1, -0.05) is 58.0 Å².